The van der Waals surface area contributed by atoms with Crippen molar-refractivity contribution in [3.8, 4) is 0 Å². The molecule has 0 saturated heterocycles. The topological polar surface area (TPSA) is 40.1 Å². The van der Waals surface area contributed by atoms with E-state index in [-0.39, 0.29) is 11.7 Å². The third kappa shape index (κ3) is 4.20. The van der Waals surface area contributed by atoms with Gasteiger partial charge in [-0.15, -0.1) is 0 Å². The molecule has 2 atom stereocenters. The Morgan fingerprint density at radius 3 is 2.54 bits per heavy atom. The Kier molecular flexibility index (Phi) is 4.12. The van der Waals surface area contributed by atoms with Gasteiger partial charge in [-0.3, -0.25) is 4.21 Å². The Bertz CT molecular complexity index is 272. The van der Waals surface area contributed by atoms with Crippen molar-refractivity contribution in [2.75, 3.05) is 5.75 Å². The first-order valence-electron chi connectivity index (χ1n) is 4.28. The van der Waals surface area contributed by atoms with E-state index < -0.39 is 11.1 Å². The van der Waals surface area contributed by atoms with E-state index in [9.17, 15) is 8.76 Å². The van der Waals surface area contributed by atoms with Crippen LogP contribution in [0.15, 0.2) is 30.3 Å². The van der Waals surface area contributed by atoms with Gasteiger partial charge >= 0.3 is 0 Å². The van der Waals surface area contributed by atoms with Gasteiger partial charge in [-0.25, -0.2) is 0 Å². The lowest BCUT2D eigenvalue weighted by Gasteiger charge is -2.12. The quantitative estimate of drug-likeness (QED) is 0.690. The number of hydrogen-bond acceptors (Lipinski definition) is 2. The zero-order valence-electron chi connectivity index (χ0n) is 7.60. The Balaban J connectivity index is 2.45. The van der Waals surface area contributed by atoms with E-state index in [2.05, 4.69) is 0 Å². The van der Waals surface area contributed by atoms with Crippen LogP contribution in [-0.4, -0.2) is 14.5 Å². The summed E-state index contributed by atoms with van der Waals surface area (Å²) in [7, 11) is 0. The van der Waals surface area contributed by atoms with Crippen LogP contribution in [-0.2, 0) is 17.5 Å². The molecule has 0 spiro atoms. The van der Waals surface area contributed by atoms with Crippen molar-refractivity contribution < 1.29 is 8.76 Å². The van der Waals surface area contributed by atoms with E-state index in [1.54, 1.807) is 0 Å². The third-order valence-electron chi connectivity index (χ3n) is 1.85. The molecule has 0 saturated carbocycles. The van der Waals surface area contributed by atoms with Crippen molar-refractivity contribution in [3.63, 3.8) is 0 Å². The molecule has 72 valence electrons. The monoisotopic (exact) mass is 197 g/mol. The Morgan fingerprint density at radius 2 is 2.00 bits per heavy atom. The molecule has 0 N–H and O–H groups in total. The van der Waals surface area contributed by atoms with Gasteiger partial charge in [-0.05, 0) is 17.9 Å². The zero-order valence-corrected chi connectivity index (χ0v) is 8.42. The van der Waals surface area contributed by atoms with Crippen LogP contribution < -0.4 is 0 Å². The van der Waals surface area contributed by atoms with Crippen LogP contribution in [0.4, 0.5) is 0 Å². The molecule has 0 heterocycles. The lowest BCUT2D eigenvalue weighted by molar-refractivity contribution is 0.519. The molecule has 0 aromatic heterocycles. The maximum Gasteiger partial charge on any atom is 0.0130 e. The molecule has 0 aliphatic heterocycles. The van der Waals surface area contributed by atoms with E-state index in [1.807, 2.05) is 37.3 Å². The summed E-state index contributed by atoms with van der Waals surface area (Å²) in [6.07, 6.45) is 0.828. The Hall–Kier alpha value is -0.670. The molecule has 0 fully saturated rings. The summed E-state index contributed by atoms with van der Waals surface area (Å²) in [4.78, 5) is 0. The normalized spacial score (nSPS) is 15.2. The summed E-state index contributed by atoms with van der Waals surface area (Å²) in [6.45, 7) is 1.95. The molecule has 0 aliphatic rings. The van der Waals surface area contributed by atoms with Crippen LogP contribution in [0.3, 0.4) is 0 Å². The highest BCUT2D eigenvalue weighted by Gasteiger charge is 2.02. The Labute approximate surface area is 81.3 Å². The lowest BCUT2D eigenvalue weighted by Crippen LogP contribution is -2.09. The van der Waals surface area contributed by atoms with E-state index in [0.29, 0.717) is 0 Å². The first kappa shape index (κ1) is 10.4. The van der Waals surface area contributed by atoms with E-state index in [0.717, 1.165) is 6.42 Å². The van der Waals surface area contributed by atoms with E-state index in [1.165, 1.54) is 5.56 Å². The summed E-state index contributed by atoms with van der Waals surface area (Å²) < 4.78 is 20.8. The van der Waals surface area contributed by atoms with Crippen LogP contribution in [0.25, 0.3) is 0 Å². The summed E-state index contributed by atoms with van der Waals surface area (Å²) in [6, 6.07) is 9.93. The predicted octanol–water partition coefficient (Wildman–Crippen LogP) is 1.74. The lowest BCUT2D eigenvalue weighted by atomic mass is 10.0. The summed E-state index contributed by atoms with van der Waals surface area (Å²) in [5.41, 5.74) is 1.19. The van der Waals surface area contributed by atoms with Crippen LogP contribution in [0.5, 0.6) is 0 Å². The van der Waals surface area contributed by atoms with Gasteiger partial charge < -0.3 is 4.55 Å². The molecule has 2 nitrogen and oxygen atoms in total. The van der Waals surface area contributed by atoms with Crippen molar-refractivity contribution in [1.29, 1.82) is 0 Å². The van der Waals surface area contributed by atoms with E-state index in [4.69, 9.17) is 0 Å². The zero-order chi connectivity index (χ0) is 9.68. The van der Waals surface area contributed by atoms with Crippen molar-refractivity contribution in [2.45, 2.75) is 13.3 Å². The SMILES string of the molecule is CC(Cc1ccccc1)CS(=O)[O-]. The number of hydrogen-bond donors (Lipinski definition) is 0. The second kappa shape index (κ2) is 5.14. The third-order valence-corrected chi connectivity index (χ3v) is 2.69. The molecule has 0 aliphatic carbocycles. The molecule has 13 heavy (non-hydrogen) atoms. The van der Waals surface area contributed by atoms with Gasteiger partial charge in [0.1, 0.15) is 0 Å². The van der Waals surface area contributed by atoms with Gasteiger partial charge in [0.05, 0.1) is 0 Å². The molecule has 0 bridgehead atoms. The van der Waals surface area contributed by atoms with E-state index >= 15 is 0 Å². The fraction of sp³-hybridized carbons (Fsp3) is 0.400. The second-order valence-electron chi connectivity index (χ2n) is 3.27. The predicted molar refractivity (Wildman–Crippen MR) is 53.1 cm³/mol. The fourth-order valence-electron chi connectivity index (χ4n) is 1.31. The molecule has 1 rings (SSSR count). The minimum Gasteiger partial charge on any atom is -0.772 e. The first-order chi connectivity index (χ1) is 6.18. The van der Waals surface area contributed by atoms with Crippen LogP contribution in [0.1, 0.15) is 12.5 Å². The molecule has 2 unspecified atom stereocenters. The van der Waals surface area contributed by atoms with Crippen LogP contribution in [0, 0.1) is 5.92 Å². The molecule has 0 radical (unpaired) electrons. The van der Waals surface area contributed by atoms with Gasteiger partial charge in [0.15, 0.2) is 0 Å². The molecule has 1 aromatic carbocycles. The average Bonchev–Trinajstić information content (AvgIpc) is 2.04. The second-order valence-corrected chi connectivity index (χ2v) is 4.21. The minimum atomic E-state index is -1.92. The molecule has 3 heteroatoms. The van der Waals surface area contributed by atoms with Crippen molar-refractivity contribution in [2.24, 2.45) is 5.92 Å². The smallest absolute Gasteiger partial charge is 0.0130 e. The van der Waals surface area contributed by atoms with Crippen molar-refractivity contribution in [3.05, 3.63) is 35.9 Å². The van der Waals surface area contributed by atoms with Crippen molar-refractivity contribution in [1.82, 2.24) is 0 Å². The van der Waals surface area contributed by atoms with Crippen molar-refractivity contribution >= 4 is 11.1 Å². The highest BCUT2D eigenvalue weighted by Crippen LogP contribution is 2.08. The van der Waals surface area contributed by atoms with Gasteiger partial charge in [0, 0.05) is 5.75 Å². The highest BCUT2D eigenvalue weighted by atomic mass is 32.2. The summed E-state index contributed by atoms with van der Waals surface area (Å²) >= 11 is -1.92. The maximum atomic E-state index is 10.4. The van der Waals surface area contributed by atoms with Crippen LogP contribution >= 0.6 is 0 Å². The molecule has 0 amide bonds. The Morgan fingerprint density at radius 1 is 1.38 bits per heavy atom. The standard InChI is InChI=1S/C10H14O2S/c1-9(8-13(11)12)7-10-5-3-2-4-6-10/h2-6,9H,7-8H2,1H3,(H,11,12)/p-1. The fourth-order valence-corrected chi connectivity index (χ4v) is 1.89. The number of benzene rings is 1. The highest BCUT2D eigenvalue weighted by molar-refractivity contribution is 7.79. The summed E-state index contributed by atoms with van der Waals surface area (Å²) in [5.74, 6) is 0.440. The van der Waals surface area contributed by atoms with Crippen LogP contribution in [0.2, 0.25) is 0 Å². The molecule has 1 aromatic rings. The van der Waals surface area contributed by atoms with Gasteiger partial charge in [-0.2, -0.15) is 0 Å². The van der Waals surface area contributed by atoms with Gasteiger partial charge in [0.2, 0.25) is 0 Å². The largest absolute Gasteiger partial charge is 0.772 e. The average molecular weight is 197 g/mol. The number of rotatable bonds is 4. The maximum absolute atomic E-state index is 10.4. The molecular formula is C10H13O2S-. The first-order valence-corrected chi connectivity index (χ1v) is 5.52. The van der Waals surface area contributed by atoms with Gasteiger partial charge in [-0.1, -0.05) is 48.3 Å². The summed E-state index contributed by atoms with van der Waals surface area (Å²) in [5, 5.41) is 0. The molecular weight excluding hydrogens is 184 g/mol. The van der Waals surface area contributed by atoms with Gasteiger partial charge in [0.25, 0.3) is 0 Å². The minimum absolute atomic E-state index is 0.195.